The number of benzene rings is 2. The van der Waals surface area contributed by atoms with Crippen LogP contribution in [0.5, 0.6) is 0 Å². The number of nitro groups is 1. The normalized spacial score (nSPS) is 10.4. The Hall–Kier alpha value is -2.82. The molecule has 0 aliphatic carbocycles. The molecule has 2 aromatic rings. The highest BCUT2D eigenvalue weighted by atomic mass is 16.6. The lowest BCUT2D eigenvalue weighted by Gasteiger charge is -2.04. The molecule has 0 saturated heterocycles. The zero-order chi connectivity index (χ0) is 17.5. The molecule has 0 spiro atoms. The summed E-state index contributed by atoms with van der Waals surface area (Å²) in [7, 11) is 0. The van der Waals surface area contributed by atoms with Crippen LogP contribution in [-0.2, 0) is 4.79 Å². The molecule has 0 amide bonds. The zero-order valence-electron chi connectivity index (χ0n) is 13.5. The smallest absolute Gasteiger partial charge is 0.269 e. The van der Waals surface area contributed by atoms with Gasteiger partial charge in [-0.2, -0.15) is 0 Å². The number of non-ortho nitro benzene ring substituents is 1. The van der Waals surface area contributed by atoms with E-state index in [0.717, 1.165) is 30.4 Å². The quantitative estimate of drug-likeness (QED) is 0.234. The molecule has 0 atom stereocenters. The Bertz CT molecular complexity index is 733. The van der Waals surface area contributed by atoms with Gasteiger partial charge in [-0.1, -0.05) is 44.0 Å². The van der Waals surface area contributed by atoms with Crippen molar-refractivity contribution in [2.24, 2.45) is 0 Å². The molecule has 0 aliphatic rings. The Morgan fingerprint density at radius 1 is 0.917 bits per heavy atom. The predicted octanol–water partition coefficient (Wildman–Crippen LogP) is 4.59. The minimum atomic E-state index is -0.457. The number of nitro benzene ring substituents is 1. The summed E-state index contributed by atoms with van der Waals surface area (Å²) in [5, 5.41) is 10.7. The fourth-order valence-corrected chi connectivity index (χ4v) is 2.40. The van der Waals surface area contributed by atoms with Crippen molar-refractivity contribution < 1.29 is 14.5 Å². The highest BCUT2D eigenvalue weighted by molar-refractivity contribution is 6.43. The van der Waals surface area contributed by atoms with Crippen molar-refractivity contribution in [1.29, 1.82) is 0 Å². The van der Waals surface area contributed by atoms with E-state index in [9.17, 15) is 19.7 Å². The zero-order valence-corrected chi connectivity index (χ0v) is 13.5. The van der Waals surface area contributed by atoms with Gasteiger partial charge in [0, 0.05) is 24.1 Å². The van der Waals surface area contributed by atoms with Crippen molar-refractivity contribution in [3.63, 3.8) is 0 Å². The molecule has 0 saturated carbocycles. The lowest BCUT2D eigenvalue weighted by molar-refractivity contribution is -0.384. The van der Waals surface area contributed by atoms with Gasteiger partial charge in [0.15, 0.2) is 0 Å². The van der Waals surface area contributed by atoms with E-state index < -0.39 is 10.7 Å². The molecule has 2 rings (SSSR count). The fraction of sp³-hybridized carbons (Fsp3) is 0.263. The molecule has 0 radical (unpaired) electrons. The van der Waals surface area contributed by atoms with Gasteiger partial charge in [0.2, 0.25) is 11.6 Å². The lowest BCUT2D eigenvalue weighted by atomic mass is 9.99. The number of Topliss-reactive ketones (excluding diaryl/α,β-unsaturated/α-hetero) is 2. The van der Waals surface area contributed by atoms with Crippen LogP contribution in [0, 0.1) is 10.1 Å². The maximum absolute atomic E-state index is 12.1. The molecule has 0 heterocycles. The molecule has 5 heteroatoms. The Labute approximate surface area is 140 Å². The molecule has 0 fully saturated rings. The van der Waals surface area contributed by atoms with Crippen molar-refractivity contribution >= 4 is 17.3 Å². The van der Waals surface area contributed by atoms with Crippen LogP contribution in [0.3, 0.4) is 0 Å². The molecule has 0 N–H and O–H groups in total. The number of hydrogen-bond acceptors (Lipinski definition) is 4. The monoisotopic (exact) mass is 325 g/mol. The third-order valence-electron chi connectivity index (χ3n) is 3.82. The molecular weight excluding hydrogens is 306 g/mol. The largest absolute Gasteiger partial charge is 0.290 e. The van der Waals surface area contributed by atoms with E-state index in [0.29, 0.717) is 5.56 Å². The van der Waals surface area contributed by atoms with Crippen LogP contribution in [0.25, 0.3) is 11.1 Å². The Morgan fingerprint density at radius 2 is 1.46 bits per heavy atom. The van der Waals surface area contributed by atoms with Crippen LogP contribution < -0.4 is 0 Å². The minimum absolute atomic E-state index is 0.0308. The number of hydrogen-bond donors (Lipinski definition) is 0. The predicted molar refractivity (Wildman–Crippen MR) is 92.0 cm³/mol. The van der Waals surface area contributed by atoms with E-state index in [4.69, 9.17) is 0 Å². The SMILES string of the molecule is CCCCCC(=O)C(=O)c1ccc(-c2ccc([N+](=O)[O-])cc2)cc1. The van der Waals surface area contributed by atoms with E-state index in [1.54, 1.807) is 36.4 Å². The van der Waals surface area contributed by atoms with Crippen molar-refractivity contribution in [1.82, 2.24) is 0 Å². The van der Waals surface area contributed by atoms with Gasteiger partial charge < -0.3 is 0 Å². The van der Waals surface area contributed by atoms with E-state index in [-0.39, 0.29) is 17.9 Å². The van der Waals surface area contributed by atoms with Gasteiger partial charge in [-0.3, -0.25) is 19.7 Å². The summed E-state index contributed by atoms with van der Waals surface area (Å²) in [5.41, 5.74) is 2.05. The first-order valence-corrected chi connectivity index (χ1v) is 7.95. The van der Waals surface area contributed by atoms with E-state index in [1.807, 2.05) is 6.92 Å². The Balaban J connectivity index is 2.08. The van der Waals surface area contributed by atoms with Gasteiger partial charge >= 0.3 is 0 Å². The maximum atomic E-state index is 12.1. The summed E-state index contributed by atoms with van der Waals surface area (Å²) < 4.78 is 0. The molecule has 24 heavy (non-hydrogen) atoms. The van der Waals surface area contributed by atoms with Crippen molar-refractivity contribution in [3.8, 4) is 11.1 Å². The third kappa shape index (κ3) is 4.35. The van der Waals surface area contributed by atoms with Gasteiger partial charge in [0.1, 0.15) is 0 Å². The second-order valence-electron chi connectivity index (χ2n) is 5.59. The van der Waals surface area contributed by atoms with Crippen molar-refractivity contribution in [3.05, 3.63) is 64.2 Å². The van der Waals surface area contributed by atoms with Crippen LogP contribution >= 0.6 is 0 Å². The summed E-state index contributed by atoms with van der Waals surface area (Å²) in [6.45, 7) is 2.04. The summed E-state index contributed by atoms with van der Waals surface area (Å²) in [6, 6.07) is 12.9. The van der Waals surface area contributed by atoms with Gasteiger partial charge in [-0.25, -0.2) is 0 Å². The molecule has 0 aromatic heterocycles. The standard InChI is InChI=1S/C19H19NO4/c1-2-3-4-5-18(21)19(22)16-8-6-14(7-9-16)15-10-12-17(13-11-15)20(23)24/h6-13H,2-5H2,1H3. The van der Waals surface area contributed by atoms with Crippen LogP contribution in [0.1, 0.15) is 43.0 Å². The first-order valence-electron chi connectivity index (χ1n) is 7.95. The number of carbonyl (C=O) groups excluding carboxylic acids is 2. The minimum Gasteiger partial charge on any atom is -0.290 e. The highest BCUT2D eigenvalue weighted by Gasteiger charge is 2.15. The molecule has 2 aromatic carbocycles. The molecule has 0 unspecified atom stereocenters. The topological polar surface area (TPSA) is 77.3 Å². The maximum Gasteiger partial charge on any atom is 0.269 e. The molecular formula is C19H19NO4. The van der Waals surface area contributed by atoms with E-state index >= 15 is 0 Å². The summed E-state index contributed by atoms with van der Waals surface area (Å²) in [4.78, 5) is 34.2. The van der Waals surface area contributed by atoms with Crippen LogP contribution in [-0.4, -0.2) is 16.5 Å². The Kier molecular flexibility index (Phi) is 5.95. The highest BCUT2D eigenvalue weighted by Crippen LogP contribution is 2.23. The Morgan fingerprint density at radius 3 is 1.96 bits per heavy atom. The van der Waals surface area contributed by atoms with Gasteiger partial charge in [0.05, 0.1) is 4.92 Å². The first kappa shape index (κ1) is 17.5. The second kappa shape index (κ2) is 8.15. The average Bonchev–Trinajstić information content (AvgIpc) is 2.61. The number of carbonyl (C=O) groups is 2. The van der Waals surface area contributed by atoms with Crippen LogP contribution in [0.4, 0.5) is 5.69 Å². The number of rotatable bonds is 8. The fourth-order valence-electron chi connectivity index (χ4n) is 2.40. The summed E-state index contributed by atoms with van der Waals surface area (Å²) in [6.07, 6.45) is 2.97. The molecule has 5 nitrogen and oxygen atoms in total. The summed E-state index contributed by atoms with van der Waals surface area (Å²) in [5.74, 6) is -0.812. The van der Waals surface area contributed by atoms with Crippen LogP contribution in [0.15, 0.2) is 48.5 Å². The van der Waals surface area contributed by atoms with E-state index in [2.05, 4.69) is 0 Å². The average molecular weight is 325 g/mol. The van der Waals surface area contributed by atoms with Gasteiger partial charge in [0.25, 0.3) is 5.69 Å². The van der Waals surface area contributed by atoms with E-state index in [1.165, 1.54) is 12.1 Å². The number of nitrogens with zero attached hydrogens (tertiary/aromatic N) is 1. The molecule has 124 valence electrons. The first-order chi connectivity index (χ1) is 11.5. The molecule has 0 bridgehead atoms. The van der Waals surface area contributed by atoms with Crippen molar-refractivity contribution in [2.45, 2.75) is 32.6 Å². The number of ketones is 2. The van der Waals surface area contributed by atoms with Gasteiger partial charge in [-0.15, -0.1) is 0 Å². The third-order valence-corrected chi connectivity index (χ3v) is 3.82. The number of unbranched alkanes of at least 4 members (excludes halogenated alkanes) is 2. The molecule has 0 aliphatic heterocycles. The van der Waals surface area contributed by atoms with Crippen LogP contribution in [0.2, 0.25) is 0 Å². The summed E-state index contributed by atoms with van der Waals surface area (Å²) >= 11 is 0. The van der Waals surface area contributed by atoms with Crippen molar-refractivity contribution in [2.75, 3.05) is 0 Å². The van der Waals surface area contributed by atoms with Gasteiger partial charge in [-0.05, 0) is 29.7 Å². The second-order valence-corrected chi connectivity index (χ2v) is 5.59. The lowest BCUT2D eigenvalue weighted by Crippen LogP contribution is -2.13.